The smallest absolute Gasteiger partial charge is 0.261 e. The Morgan fingerprint density at radius 1 is 1.33 bits per heavy atom. The monoisotopic (exact) mass is 378 g/mol. The van der Waals surface area contributed by atoms with Gasteiger partial charge in [0.2, 0.25) is 11.8 Å². The summed E-state index contributed by atoms with van der Waals surface area (Å²) >= 11 is 0. The third-order valence-corrected chi connectivity index (χ3v) is 4.62. The van der Waals surface area contributed by atoms with Crippen LogP contribution in [0.25, 0.3) is 0 Å². The highest BCUT2D eigenvalue weighted by atomic mass is 16.5. The number of amides is 3. The van der Waals surface area contributed by atoms with Crippen LogP contribution in [0.1, 0.15) is 35.0 Å². The normalized spacial score (nSPS) is 19.0. The number of aromatic amines is 1. The first kappa shape index (κ1) is 20.6. The summed E-state index contributed by atoms with van der Waals surface area (Å²) in [5, 5.41) is 5.46. The van der Waals surface area contributed by atoms with Crippen LogP contribution in [0.5, 0.6) is 0 Å². The second kappa shape index (κ2) is 8.81. The highest BCUT2D eigenvalue weighted by molar-refractivity contribution is 5.95. The van der Waals surface area contributed by atoms with Crippen molar-refractivity contribution in [1.82, 2.24) is 20.5 Å². The molecule has 9 nitrogen and oxygen atoms in total. The molecule has 0 radical (unpaired) electrons. The molecule has 1 aliphatic heterocycles. The lowest BCUT2D eigenvalue weighted by molar-refractivity contribution is -0.141. The zero-order valence-electron chi connectivity index (χ0n) is 16.0. The molecule has 9 heteroatoms. The predicted molar refractivity (Wildman–Crippen MR) is 98.5 cm³/mol. The maximum Gasteiger partial charge on any atom is 0.261 e. The molecule has 0 bridgehead atoms. The van der Waals surface area contributed by atoms with Crippen LogP contribution in [0.2, 0.25) is 0 Å². The zero-order valence-corrected chi connectivity index (χ0v) is 16.0. The van der Waals surface area contributed by atoms with Crippen LogP contribution in [-0.2, 0) is 14.3 Å². The quantitative estimate of drug-likeness (QED) is 0.615. The van der Waals surface area contributed by atoms with E-state index in [1.165, 1.54) is 18.1 Å². The van der Waals surface area contributed by atoms with Crippen LogP contribution in [0.4, 0.5) is 0 Å². The number of hydrogen-bond acceptors (Lipinski definition) is 5. The number of pyridine rings is 1. The molecule has 0 saturated carbocycles. The Morgan fingerprint density at radius 2 is 2.04 bits per heavy atom. The van der Waals surface area contributed by atoms with E-state index in [1.54, 1.807) is 20.8 Å². The molecule has 2 heterocycles. The fraction of sp³-hybridized carbons (Fsp3) is 0.556. The standard InChI is InChI=1S/C18H26N4O5/c1-5-19-18(26)14-7-12(8-22(14)15(23)9-27-4)21-17(25)13-6-10(2)11(3)20-16(13)24/h6,12,14H,5,7-9H2,1-4H3,(H,19,26)(H,20,24)(H,21,25)/t12-,14+/m1/s1. The number of hydrogen-bond donors (Lipinski definition) is 3. The third-order valence-electron chi connectivity index (χ3n) is 4.62. The van der Waals surface area contributed by atoms with Crippen molar-refractivity contribution in [2.75, 3.05) is 26.8 Å². The topological polar surface area (TPSA) is 121 Å². The van der Waals surface area contributed by atoms with Gasteiger partial charge < -0.3 is 25.3 Å². The number of aryl methyl sites for hydroxylation is 2. The summed E-state index contributed by atoms with van der Waals surface area (Å²) in [7, 11) is 1.40. The Morgan fingerprint density at radius 3 is 2.67 bits per heavy atom. The van der Waals surface area contributed by atoms with Gasteiger partial charge in [0, 0.05) is 31.9 Å². The van der Waals surface area contributed by atoms with Gasteiger partial charge in [-0.2, -0.15) is 0 Å². The number of nitrogens with one attached hydrogen (secondary N) is 3. The van der Waals surface area contributed by atoms with E-state index in [-0.39, 0.29) is 37.0 Å². The van der Waals surface area contributed by atoms with Crippen LogP contribution in [-0.4, -0.2) is 66.5 Å². The van der Waals surface area contributed by atoms with Gasteiger partial charge in [-0.1, -0.05) is 0 Å². The lowest BCUT2D eigenvalue weighted by Crippen LogP contribution is -2.47. The van der Waals surface area contributed by atoms with E-state index in [2.05, 4.69) is 15.6 Å². The van der Waals surface area contributed by atoms with Crippen LogP contribution in [0, 0.1) is 13.8 Å². The number of likely N-dealkylation sites (tertiary alicyclic amines) is 1. The van der Waals surface area contributed by atoms with Crippen LogP contribution < -0.4 is 16.2 Å². The van der Waals surface area contributed by atoms with Gasteiger partial charge in [-0.15, -0.1) is 0 Å². The van der Waals surface area contributed by atoms with Gasteiger partial charge >= 0.3 is 0 Å². The number of methoxy groups -OCH3 is 1. The number of carbonyl (C=O) groups is 3. The van der Waals surface area contributed by atoms with Crippen molar-refractivity contribution >= 4 is 17.7 Å². The molecule has 0 aromatic carbocycles. The highest BCUT2D eigenvalue weighted by Gasteiger charge is 2.40. The van der Waals surface area contributed by atoms with Crippen molar-refractivity contribution in [3.8, 4) is 0 Å². The number of H-pyrrole nitrogens is 1. The van der Waals surface area contributed by atoms with Crippen molar-refractivity contribution in [2.45, 2.75) is 39.3 Å². The van der Waals surface area contributed by atoms with Gasteiger partial charge in [-0.05, 0) is 38.8 Å². The fourth-order valence-corrected chi connectivity index (χ4v) is 3.12. The average Bonchev–Trinajstić information content (AvgIpc) is 3.02. The molecule has 0 aliphatic carbocycles. The molecule has 3 amide bonds. The minimum Gasteiger partial charge on any atom is -0.375 e. The van der Waals surface area contributed by atoms with Gasteiger partial charge in [-0.25, -0.2) is 0 Å². The first-order chi connectivity index (χ1) is 12.8. The van der Waals surface area contributed by atoms with Crippen molar-refractivity contribution in [3.05, 3.63) is 33.2 Å². The molecule has 1 saturated heterocycles. The maximum absolute atomic E-state index is 12.5. The number of aromatic nitrogens is 1. The second-order valence-electron chi connectivity index (χ2n) is 6.62. The Hall–Kier alpha value is -2.68. The Balaban J connectivity index is 2.16. The highest BCUT2D eigenvalue weighted by Crippen LogP contribution is 2.19. The fourth-order valence-electron chi connectivity index (χ4n) is 3.12. The number of carbonyl (C=O) groups excluding carboxylic acids is 3. The minimum absolute atomic E-state index is 0.00864. The Bertz CT molecular complexity index is 762. The number of likely N-dealkylation sites (N-methyl/N-ethyl adjacent to an activating group) is 1. The molecular weight excluding hydrogens is 352 g/mol. The summed E-state index contributed by atoms with van der Waals surface area (Å²) in [5.41, 5.74) is 1.03. The maximum atomic E-state index is 12.5. The van der Waals surface area contributed by atoms with Crippen LogP contribution >= 0.6 is 0 Å². The predicted octanol–water partition coefficient (Wildman–Crippen LogP) is -0.526. The Kier molecular flexibility index (Phi) is 6.73. The summed E-state index contributed by atoms with van der Waals surface area (Å²) < 4.78 is 4.87. The SMILES string of the molecule is CCNC(=O)[C@@H]1C[C@@H](NC(=O)c2cc(C)c(C)[nH]c2=O)CN1C(=O)COC. The van der Waals surface area contributed by atoms with E-state index >= 15 is 0 Å². The summed E-state index contributed by atoms with van der Waals surface area (Å²) in [5.74, 6) is -1.13. The zero-order chi connectivity index (χ0) is 20.1. The van der Waals surface area contributed by atoms with E-state index in [9.17, 15) is 19.2 Å². The first-order valence-electron chi connectivity index (χ1n) is 8.86. The van der Waals surface area contributed by atoms with Gasteiger partial charge in [0.1, 0.15) is 18.2 Å². The molecule has 2 atom stereocenters. The van der Waals surface area contributed by atoms with E-state index < -0.39 is 23.6 Å². The summed E-state index contributed by atoms with van der Waals surface area (Å²) in [4.78, 5) is 53.2. The largest absolute Gasteiger partial charge is 0.375 e. The summed E-state index contributed by atoms with van der Waals surface area (Å²) in [6.07, 6.45) is 0.274. The number of ether oxygens (including phenoxy) is 1. The molecule has 1 aromatic heterocycles. The molecule has 2 rings (SSSR count). The van der Waals surface area contributed by atoms with Crippen molar-refractivity contribution in [3.63, 3.8) is 0 Å². The lowest BCUT2D eigenvalue weighted by Gasteiger charge is -2.23. The molecule has 3 N–H and O–H groups in total. The average molecular weight is 378 g/mol. The van der Waals surface area contributed by atoms with E-state index in [1.807, 2.05) is 0 Å². The van der Waals surface area contributed by atoms with Crippen molar-refractivity contribution in [1.29, 1.82) is 0 Å². The molecule has 1 fully saturated rings. The third kappa shape index (κ3) is 4.73. The molecule has 1 aliphatic rings. The van der Waals surface area contributed by atoms with Crippen molar-refractivity contribution in [2.24, 2.45) is 0 Å². The minimum atomic E-state index is -0.684. The summed E-state index contributed by atoms with van der Waals surface area (Å²) in [6.45, 7) is 5.82. The van der Waals surface area contributed by atoms with Gasteiger partial charge in [-0.3, -0.25) is 19.2 Å². The summed E-state index contributed by atoms with van der Waals surface area (Å²) in [6, 6.07) is 0.413. The van der Waals surface area contributed by atoms with Gasteiger partial charge in [0.15, 0.2) is 0 Å². The van der Waals surface area contributed by atoms with E-state index in [0.717, 1.165) is 5.56 Å². The molecule has 27 heavy (non-hydrogen) atoms. The van der Waals surface area contributed by atoms with Crippen molar-refractivity contribution < 1.29 is 19.1 Å². The Labute approximate surface area is 157 Å². The lowest BCUT2D eigenvalue weighted by atomic mass is 10.1. The molecule has 0 spiro atoms. The van der Waals surface area contributed by atoms with Crippen LogP contribution in [0.3, 0.4) is 0 Å². The number of nitrogens with zero attached hydrogens (tertiary/aromatic N) is 1. The molecule has 148 valence electrons. The van der Waals surface area contributed by atoms with E-state index in [0.29, 0.717) is 12.2 Å². The number of rotatable bonds is 6. The van der Waals surface area contributed by atoms with Gasteiger partial charge in [0.25, 0.3) is 11.5 Å². The molecule has 1 aromatic rings. The van der Waals surface area contributed by atoms with Crippen LogP contribution in [0.15, 0.2) is 10.9 Å². The van der Waals surface area contributed by atoms with Gasteiger partial charge in [0.05, 0.1) is 0 Å². The second-order valence-corrected chi connectivity index (χ2v) is 6.62. The molecule has 0 unspecified atom stereocenters. The van der Waals surface area contributed by atoms with E-state index in [4.69, 9.17) is 4.74 Å². The molecular formula is C18H26N4O5. The first-order valence-corrected chi connectivity index (χ1v) is 8.86.